The van der Waals surface area contributed by atoms with Crippen LogP contribution in [0.25, 0.3) is 0 Å². The Kier molecular flexibility index (Phi) is 4.21. The van der Waals surface area contributed by atoms with Gasteiger partial charge in [-0.25, -0.2) is 0 Å². The molecule has 0 aliphatic rings. The van der Waals surface area contributed by atoms with E-state index in [-0.39, 0.29) is 23.6 Å². The van der Waals surface area contributed by atoms with Crippen LogP contribution in [-0.4, -0.2) is 30.6 Å². The van der Waals surface area contributed by atoms with Crippen molar-refractivity contribution in [3.05, 3.63) is 50.3 Å². The first kappa shape index (κ1) is 15.9. The van der Waals surface area contributed by atoms with Gasteiger partial charge in [-0.2, -0.15) is 5.10 Å². The van der Waals surface area contributed by atoms with Crippen LogP contribution in [-0.2, 0) is 6.54 Å². The minimum Gasteiger partial charge on any atom is -0.506 e. The summed E-state index contributed by atoms with van der Waals surface area (Å²) in [5, 5.41) is 37.3. The molecule has 0 aliphatic heterocycles. The fourth-order valence-electron chi connectivity index (χ4n) is 1.90. The Bertz CT molecular complexity index is 799. The van der Waals surface area contributed by atoms with Crippen molar-refractivity contribution in [2.75, 3.05) is 5.32 Å². The summed E-state index contributed by atoms with van der Waals surface area (Å²) in [6, 6.07) is 3.05. The molecule has 1 amide bonds. The zero-order chi connectivity index (χ0) is 17.1. The minimum absolute atomic E-state index is 0.206. The lowest BCUT2D eigenvalue weighted by atomic mass is 10.2. The van der Waals surface area contributed by atoms with Gasteiger partial charge in [0.2, 0.25) is 5.69 Å². The number of phenols is 1. The summed E-state index contributed by atoms with van der Waals surface area (Å²) in [6.45, 7) is 1.84. The first-order valence-electron chi connectivity index (χ1n) is 6.34. The predicted molar refractivity (Wildman–Crippen MR) is 77.3 cm³/mol. The third-order valence-electron chi connectivity index (χ3n) is 2.97. The second-order valence-electron chi connectivity index (χ2n) is 4.36. The molecule has 2 N–H and O–H groups in total. The van der Waals surface area contributed by atoms with Gasteiger partial charge < -0.3 is 10.4 Å². The number of nitro benzene ring substituents is 1. The van der Waals surface area contributed by atoms with E-state index in [0.29, 0.717) is 0 Å². The van der Waals surface area contributed by atoms with Crippen molar-refractivity contribution < 1.29 is 19.7 Å². The van der Waals surface area contributed by atoms with Crippen molar-refractivity contribution >= 4 is 23.0 Å². The summed E-state index contributed by atoms with van der Waals surface area (Å²) in [4.78, 5) is 32.5. The van der Waals surface area contributed by atoms with Gasteiger partial charge in [-0.15, -0.1) is 0 Å². The Balaban J connectivity index is 2.40. The number of non-ortho nitro benzene ring substituents is 1. The van der Waals surface area contributed by atoms with Gasteiger partial charge in [0.15, 0.2) is 0 Å². The first-order valence-corrected chi connectivity index (χ1v) is 6.34. The molecule has 0 unspecified atom stereocenters. The number of carbonyl (C=O) groups is 1. The molecule has 1 aromatic heterocycles. The van der Waals surface area contributed by atoms with Gasteiger partial charge in [0.05, 0.1) is 15.5 Å². The van der Waals surface area contributed by atoms with Crippen LogP contribution >= 0.6 is 0 Å². The quantitative estimate of drug-likeness (QED) is 0.482. The summed E-state index contributed by atoms with van der Waals surface area (Å²) < 4.78 is 1.11. The molecule has 11 nitrogen and oxygen atoms in total. The number of hydrogen-bond donors (Lipinski definition) is 2. The Morgan fingerprint density at radius 3 is 2.61 bits per heavy atom. The van der Waals surface area contributed by atoms with Crippen LogP contribution < -0.4 is 5.32 Å². The van der Waals surface area contributed by atoms with Crippen molar-refractivity contribution in [1.82, 2.24) is 9.78 Å². The fourth-order valence-corrected chi connectivity index (χ4v) is 1.90. The Hall–Kier alpha value is -3.50. The number of phenolic OH excluding ortho intramolecular Hbond substituents is 1. The van der Waals surface area contributed by atoms with Gasteiger partial charge in [-0.05, 0) is 13.0 Å². The van der Waals surface area contributed by atoms with E-state index in [0.717, 1.165) is 29.1 Å². The smallest absolute Gasteiger partial charge is 0.320 e. The lowest BCUT2D eigenvalue weighted by molar-refractivity contribution is -0.385. The summed E-state index contributed by atoms with van der Waals surface area (Å²) in [5.74, 6) is -1.32. The zero-order valence-corrected chi connectivity index (χ0v) is 11.8. The maximum Gasteiger partial charge on any atom is 0.320 e. The lowest BCUT2D eigenvalue weighted by Crippen LogP contribution is -2.19. The van der Waals surface area contributed by atoms with Crippen LogP contribution in [0.3, 0.4) is 0 Å². The number of rotatable bonds is 5. The van der Waals surface area contributed by atoms with Crippen molar-refractivity contribution in [2.24, 2.45) is 0 Å². The number of carbonyl (C=O) groups excluding carboxylic acids is 1. The average molecular weight is 321 g/mol. The van der Waals surface area contributed by atoms with E-state index >= 15 is 0 Å². The third-order valence-corrected chi connectivity index (χ3v) is 2.97. The molecule has 0 atom stereocenters. The van der Waals surface area contributed by atoms with Crippen molar-refractivity contribution in [3.8, 4) is 5.75 Å². The minimum atomic E-state index is -0.910. The molecule has 0 aliphatic carbocycles. The number of aryl methyl sites for hydroxylation is 1. The number of nitrogens with one attached hydrogen (secondary N) is 1. The van der Waals surface area contributed by atoms with E-state index in [1.807, 2.05) is 0 Å². The first-order chi connectivity index (χ1) is 10.8. The van der Waals surface area contributed by atoms with Crippen LogP contribution in [0.15, 0.2) is 24.4 Å². The van der Waals surface area contributed by atoms with Gasteiger partial charge in [0.25, 0.3) is 11.6 Å². The van der Waals surface area contributed by atoms with E-state index in [1.165, 1.54) is 0 Å². The molecule has 0 saturated carbocycles. The summed E-state index contributed by atoms with van der Waals surface area (Å²) in [7, 11) is 0. The van der Waals surface area contributed by atoms with E-state index < -0.39 is 27.2 Å². The van der Waals surface area contributed by atoms with Crippen LogP contribution in [0, 0.1) is 20.2 Å². The number of aromatic hydroxyl groups is 1. The van der Waals surface area contributed by atoms with Crippen molar-refractivity contribution in [3.63, 3.8) is 0 Å². The number of anilines is 1. The van der Waals surface area contributed by atoms with E-state index in [4.69, 9.17) is 0 Å². The number of nitrogens with zero attached hydrogens (tertiary/aromatic N) is 4. The normalized spacial score (nSPS) is 10.3. The summed E-state index contributed by atoms with van der Waals surface area (Å²) in [6.07, 6.45) is 0.936. The van der Waals surface area contributed by atoms with Crippen LogP contribution in [0.1, 0.15) is 17.4 Å². The fraction of sp³-hybridized carbons (Fsp3) is 0.167. The molecule has 0 saturated heterocycles. The molecule has 1 heterocycles. The number of amides is 1. The SMILES string of the molecule is CCn1ncc([N+](=O)[O-])c1C(=O)Nc1cc([N+](=O)[O-])ccc1O. The largest absolute Gasteiger partial charge is 0.506 e. The van der Waals surface area contributed by atoms with Gasteiger partial charge in [0, 0.05) is 18.7 Å². The Morgan fingerprint density at radius 1 is 1.35 bits per heavy atom. The zero-order valence-electron chi connectivity index (χ0n) is 11.8. The Labute approximate surface area is 128 Å². The number of aromatic nitrogens is 2. The highest BCUT2D eigenvalue weighted by Crippen LogP contribution is 2.29. The van der Waals surface area contributed by atoms with Crippen LogP contribution in [0.4, 0.5) is 17.1 Å². The molecule has 23 heavy (non-hydrogen) atoms. The molecule has 2 aromatic rings. The standard InChI is InChI=1S/C12H11N5O6/c1-2-15-11(9(6-13-15)17(22)23)12(19)14-8-5-7(16(20)21)3-4-10(8)18/h3-6,18H,2H2,1H3,(H,14,19). The van der Waals surface area contributed by atoms with Gasteiger partial charge >= 0.3 is 5.69 Å². The van der Waals surface area contributed by atoms with E-state index in [2.05, 4.69) is 10.4 Å². The topological polar surface area (TPSA) is 153 Å². The average Bonchev–Trinajstić information content (AvgIpc) is 2.93. The highest BCUT2D eigenvalue weighted by molar-refractivity contribution is 6.06. The molecule has 11 heteroatoms. The van der Waals surface area contributed by atoms with Crippen molar-refractivity contribution in [2.45, 2.75) is 13.5 Å². The molecule has 0 spiro atoms. The molecular formula is C12H11N5O6. The molecular weight excluding hydrogens is 310 g/mol. The lowest BCUT2D eigenvalue weighted by Gasteiger charge is -2.08. The monoisotopic (exact) mass is 321 g/mol. The second-order valence-corrected chi connectivity index (χ2v) is 4.36. The molecule has 1 aromatic carbocycles. The summed E-state index contributed by atoms with van der Waals surface area (Å²) >= 11 is 0. The molecule has 0 bridgehead atoms. The molecule has 2 rings (SSSR count). The maximum absolute atomic E-state index is 12.3. The Morgan fingerprint density at radius 2 is 2.04 bits per heavy atom. The third kappa shape index (κ3) is 3.07. The van der Waals surface area contributed by atoms with Gasteiger partial charge in [-0.3, -0.25) is 29.7 Å². The summed E-state index contributed by atoms with van der Waals surface area (Å²) in [5.41, 5.74) is -1.41. The molecule has 0 fully saturated rings. The highest BCUT2D eigenvalue weighted by Gasteiger charge is 2.27. The molecule has 120 valence electrons. The van der Waals surface area contributed by atoms with Crippen LogP contribution in [0.2, 0.25) is 0 Å². The van der Waals surface area contributed by atoms with Crippen molar-refractivity contribution in [1.29, 1.82) is 0 Å². The highest BCUT2D eigenvalue weighted by atomic mass is 16.6. The van der Waals surface area contributed by atoms with Gasteiger partial charge in [0.1, 0.15) is 11.9 Å². The van der Waals surface area contributed by atoms with E-state index in [1.54, 1.807) is 6.92 Å². The molecule has 0 radical (unpaired) electrons. The van der Waals surface area contributed by atoms with E-state index in [9.17, 15) is 30.1 Å². The predicted octanol–water partition coefficient (Wildman–Crippen LogP) is 1.68. The van der Waals surface area contributed by atoms with Gasteiger partial charge in [-0.1, -0.05) is 0 Å². The maximum atomic E-state index is 12.3. The number of benzene rings is 1. The van der Waals surface area contributed by atoms with Crippen LogP contribution in [0.5, 0.6) is 5.75 Å². The second kappa shape index (κ2) is 6.09. The number of hydrogen-bond acceptors (Lipinski definition) is 7. The number of nitro groups is 2.